The second kappa shape index (κ2) is 7.47. The van der Waals surface area contributed by atoms with Crippen molar-refractivity contribution in [2.24, 2.45) is 5.41 Å². The number of nitrogens with one attached hydrogen (secondary N) is 1. The van der Waals surface area contributed by atoms with Gasteiger partial charge in [-0.2, -0.15) is 4.89 Å². The predicted octanol–water partition coefficient (Wildman–Crippen LogP) is 3.11. The minimum Gasteiger partial charge on any atom is -0.480 e. The third kappa shape index (κ3) is 8.74. The summed E-state index contributed by atoms with van der Waals surface area (Å²) in [6.45, 7) is 11.3. The molecule has 0 radical (unpaired) electrons. The van der Waals surface area contributed by atoms with Gasteiger partial charge in [-0.25, -0.2) is 9.59 Å². The molecule has 0 saturated heterocycles. The average Bonchev–Trinajstić information content (AvgIpc) is 2.30. The van der Waals surface area contributed by atoms with Gasteiger partial charge < -0.3 is 10.4 Å². The number of amides is 1. The van der Waals surface area contributed by atoms with Gasteiger partial charge in [0, 0.05) is 0 Å². The smallest absolute Gasteiger partial charge is 0.439 e. The molecule has 1 atom stereocenters. The summed E-state index contributed by atoms with van der Waals surface area (Å²) in [4.78, 5) is 32.0. The quantitative estimate of drug-likeness (QED) is 0.555. The molecule has 0 aromatic rings. The van der Waals surface area contributed by atoms with Gasteiger partial charge >= 0.3 is 12.1 Å². The molecular formula is C14H27NO5. The zero-order chi connectivity index (χ0) is 16.0. The first-order valence-corrected chi connectivity index (χ1v) is 6.86. The summed E-state index contributed by atoms with van der Waals surface area (Å²) in [7, 11) is 0. The van der Waals surface area contributed by atoms with E-state index in [1.807, 2.05) is 0 Å². The number of aliphatic carboxylic acids is 1. The fourth-order valence-electron chi connectivity index (χ4n) is 1.30. The Morgan fingerprint density at radius 1 is 1.20 bits per heavy atom. The number of carboxylic acid groups (broad SMARTS) is 1. The second-order valence-electron chi connectivity index (χ2n) is 6.66. The van der Waals surface area contributed by atoms with E-state index in [1.54, 1.807) is 20.8 Å². The molecule has 6 nitrogen and oxygen atoms in total. The monoisotopic (exact) mass is 289 g/mol. The molecule has 118 valence electrons. The molecule has 1 amide bonds. The Morgan fingerprint density at radius 2 is 1.75 bits per heavy atom. The first-order valence-electron chi connectivity index (χ1n) is 6.86. The molecule has 0 bridgehead atoms. The van der Waals surface area contributed by atoms with Crippen LogP contribution in [0.25, 0.3) is 0 Å². The van der Waals surface area contributed by atoms with Crippen LogP contribution in [0.3, 0.4) is 0 Å². The van der Waals surface area contributed by atoms with Crippen LogP contribution in [0.4, 0.5) is 4.79 Å². The zero-order valence-corrected chi connectivity index (χ0v) is 13.3. The largest absolute Gasteiger partial charge is 0.480 e. The summed E-state index contributed by atoms with van der Waals surface area (Å²) < 4.78 is 0. The van der Waals surface area contributed by atoms with Crippen LogP contribution in [0.1, 0.15) is 60.8 Å². The molecule has 20 heavy (non-hydrogen) atoms. The van der Waals surface area contributed by atoms with Gasteiger partial charge in [0.15, 0.2) is 0 Å². The Morgan fingerprint density at radius 3 is 2.15 bits per heavy atom. The average molecular weight is 289 g/mol. The summed E-state index contributed by atoms with van der Waals surface area (Å²) in [5.74, 6) is -1.08. The van der Waals surface area contributed by atoms with Crippen LogP contribution in [0.15, 0.2) is 0 Å². The highest BCUT2D eigenvalue weighted by Gasteiger charge is 2.25. The van der Waals surface area contributed by atoms with Crippen LogP contribution in [0, 0.1) is 5.41 Å². The van der Waals surface area contributed by atoms with Crippen molar-refractivity contribution in [1.29, 1.82) is 0 Å². The minimum absolute atomic E-state index is 0.0429. The van der Waals surface area contributed by atoms with Crippen molar-refractivity contribution in [3.05, 3.63) is 0 Å². The summed E-state index contributed by atoms with van der Waals surface area (Å²) in [5, 5.41) is 11.4. The SMILES string of the molecule is CCC(C)(C)CC[C@H](NC(=O)OOC(C)(C)C)C(=O)O. The van der Waals surface area contributed by atoms with Gasteiger partial charge in [0.1, 0.15) is 11.6 Å². The number of carbonyl (C=O) groups excluding carboxylic acids is 1. The summed E-state index contributed by atoms with van der Waals surface area (Å²) in [6.07, 6.45) is 1.10. The summed E-state index contributed by atoms with van der Waals surface area (Å²) >= 11 is 0. The molecule has 0 aromatic heterocycles. The first-order chi connectivity index (χ1) is 8.97. The molecule has 0 unspecified atom stereocenters. The lowest BCUT2D eigenvalue weighted by Crippen LogP contribution is -2.42. The van der Waals surface area contributed by atoms with Crippen LogP contribution in [-0.2, 0) is 14.6 Å². The topological polar surface area (TPSA) is 84.9 Å². The highest BCUT2D eigenvalue weighted by Crippen LogP contribution is 2.26. The molecule has 0 aliphatic heterocycles. The molecule has 0 aliphatic carbocycles. The van der Waals surface area contributed by atoms with Gasteiger partial charge in [-0.3, -0.25) is 4.89 Å². The minimum atomic E-state index is -1.08. The lowest BCUT2D eigenvalue weighted by Gasteiger charge is -2.24. The van der Waals surface area contributed by atoms with E-state index in [0.717, 1.165) is 6.42 Å². The maximum atomic E-state index is 11.5. The van der Waals surface area contributed by atoms with Crippen molar-refractivity contribution in [3.8, 4) is 0 Å². The number of carboxylic acids is 1. The number of hydrogen-bond donors (Lipinski definition) is 2. The van der Waals surface area contributed by atoms with Crippen molar-refractivity contribution in [2.45, 2.75) is 72.4 Å². The molecule has 0 heterocycles. The summed E-state index contributed by atoms with van der Waals surface area (Å²) in [5.41, 5.74) is -0.596. The van der Waals surface area contributed by atoms with E-state index in [4.69, 9.17) is 9.99 Å². The lowest BCUT2D eigenvalue weighted by atomic mass is 9.84. The van der Waals surface area contributed by atoms with Crippen molar-refractivity contribution in [3.63, 3.8) is 0 Å². The van der Waals surface area contributed by atoms with Crippen molar-refractivity contribution >= 4 is 12.1 Å². The van der Waals surface area contributed by atoms with Crippen molar-refractivity contribution in [2.75, 3.05) is 0 Å². The van der Waals surface area contributed by atoms with Crippen LogP contribution >= 0.6 is 0 Å². The van der Waals surface area contributed by atoms with Crippen LogP contribution in [0.5, 0.6) is 0 Å². The Hall–Kier alpha value is -1.30. The van der Waals surface area contributed by atoms with E-state index < -0.39 is 23.7 Å². The molecule has 0 fully saturated rings. The van der Waals surface area contributed by atoms with E-state index in [-0.39, 0.29) is 5.41 Å². The van der Waals surface area contributed by atoms with Gasteiger partial charge in [0.2, 0.25) is 0 Å². The molecule has 0 saturated carbocycles. The fraction of sp³-hybridized carbons (Fsp3) is 0.857. The van der Waals surface area contributed by atoms with E-state index >= 15 is 0 Å². The standard InChI is InChI=1S/C14H27NO5/c1-7-14(5,6)9-8-10(11(16)17)15-12(18)19-20-13(2,3)4/h10H,7-9H2,1-6H3,(H,15,18)(H,16,17)/t10-/m0/s1. The molecule has 0 aliphatic rings. The fourth-order valence-corrected chi connectivity index (χ4v) is 1.30. The van der Waals surface area contributed by atoms with Gasteiger partial charge in [-0.15, -0.1) is 0 Å². The highest BCUT2D eigenvalue weighted by atomic mass is 17.2. The normalized spacial score (nSPS) is 13.7. The third-order valence-electron chi connectivity index (χ3n) is 3.02. The molecule has 6 heteroatoms. The number of carbonyl (C=O) groups is 2. The van der Waals surface area contributed by atoms with Crippen molar-refractivity contribution < 1.29 is 24.5 Å². The third-order valence-corrected chi connectivity index (χ3v) is 3.02. The highest BCUT2D eigenvalue weighted by molar-refractivity contribution is 5.79. The molecular weight excluding hydrogens is 262 g/mol. The predicted molar refractivity (Wildman–Crippen MR) is 75.2 cm³/mol. The van der Waals surface area contributed by atoms with E-state index in [0.29, 0.717) is 12.8 Å². The van der Waals surface area contributed by atoms with E-state index in [1.165, 1.54) is 0 Å². The van der Waals surface area contributed by atoms with Gasteiger partial charge in [-0.05, 0) is 39.0 Å². The molecule has 0 rings (SSSR count). The molecule has 0 aromatic carbocycles. The molecule has 2 N–H and O–H groups in total. The van der Waals surface area contributed by atoms with Gasteiger partial charge in [0.25, 0.3) is 0 Å². The van der Waals surface area contributed by atoms with Gasteiger partial charge in [-0.1, -0.05) is 27.2 Å². The lowest BCUT2D eigenvalue weighted by molar-refractivity contribution is -0.300. The van der Waals surface area contributed by atoms with E-state index in [2.05, 4.69) is 31.0 Å². The number of rotatable bonds is 7. The Labute approximate surface area is 120 Å². The van der Waals surface area contributed by atoms with E-state index in [9.17, 15) is 9.59 Å². The van der Waals surface area contributed by atoms with Crippen molar-refractivity contribution in [1.82, 2.24) is 5.32 Å². The second-order valence-corrected chi connectivity index (χ2v) is 6.66. The molecule has 0 spiro atoms. The maximum Gasteiger partial charge on any atom is 0.439 e. The Balaban J connectivity index is 4.34. The van der Waals surface area contributed by atoms with Crippen LogP contribution < -0.4 is 5.32 Å². The van der Waals surface area contributed by atoms with Crippen LogP contribution in [0.2, 0.25) is 0 Å². The van der Waals surface area contributed by atoms with Crippen LogP contribution in [-0.4, -0.2) is 28.8 Å². The Bertz CT molecular complexity index is 333. The first kappa shape index (κ1) is 18.7. The zero-order valence-electron chi connectivity index (χ0n) is 13.3. The Kier molecular flexibility index (Phi) is 6.99. The maximum absolute atomic E-state index is 11.5. The summed E-state index contributed by atoms with van der Waals surface area (Å²) in [6, 6.07) is -0.975. The number of hydrogen-bond acceptors (Lipinski definition) is 4. The van der Waals surface area contributed by atoms with Gasteiger partial charge in [0.05, 0.1) is 0 Å².